The summed E-state index contributed by atoms with van der Waals surface area (Å²) in [6.45, 7) is 3.08. The van der Waals surface area contributed by atoms with Gasteiger partial charge in [-0.2, -0.15) is 5.10 Å². The molecule has 0 aliphatic rings. The normalized spacial score (nSPS) is 12.6. The molecule has 1 heterocycles. The van der Waals surface area contributed by atoms with Crippen molar-refractivity contribution in [3.63, 3.8) is 0 Å². The molecule has 0 aliphatic carbocycles. The van der Waals surface area contributed by atoms with E-state index in [4.69, 9.17) is 0 Å². The Labute approximate surface area is 116 Å². The second kappa shape index (κ2) is 6.16. The van der Waals surface area contributed by atoms with Gasteiger partial charge in [0.2, 0.25) is 0 Å². The number of nitrogens with zero attached hydrogens (tertiary/aromatic N) is 2. The number of aryl methyl sites for hydroxylation is 1. The molecule has 2 aromatic rings. The first-order valence-electron chi connectivity index (χ1n) is 6.15. The molecular weight excluding hydrogens is 290 g/mol. The van der Waals surface area contributed by atoms with Crippen molar-refractivity contribution in [2.75, 3.05) is 6.54 Å². The molecule has 0 bridgehead atoms. The fourth-order valence-electron chi connectivity index (χ4n) is 2.03. The van der Waals surface area contributed by atoms with Crippen LogP contribution in [-0.4, -0.2) is 16.3 Å². The highest BCUT2D eigenvalue weighted by atomic mass is 79.9. The van der Waals surface area contributed by atoms with Crippen LogP contribution in [0, 0.1) is 0 Å². The lowest BCUT2D eigenvalue weighted by molar-refractivity contribution is 0.549. The van der Waals surface area contributed by atoms with Crippen LogP contribution in [0.2, 0.25) is 0 Å². The van der Waals surface area contributed by atoms with Gasteiger partial charge in [-0.25, -0.2) is 0 Å². The summed E-state index contributed by atoms with van der Waals surface area (Å²) in [4.78, 5) is 0. The van der Waals surface area contributed by atoms with E-state index >= 15 is 0 Å². The lowest BCUT2D eigenvalue weighted by Gasteiger charge is -2.16. The van der Waals surface area contributed by atoms with Crippen molar-refractivity contribution in [2.45, 2.75) is 19.4 Å². The Balaban J connectivity index is 2.13. The fourth-order valence-corrected chi connectivity index (χ4v) is 2.29. The topological polar surface area (TPSA) is 29.9 Å². The lowest BCUT2D eigenvalue weighted by Crippen LogP contribution is -2.22. The van der Waals surface area contributed by atoms with Gasteiger partial charge in [0.1, 0.15) is 0 Å². The van der Waals surface area contributed by atoms with Gasteiger partial charge in [-0.05, 0) is 30.7 Å². The third kappa shape index (κ3) is 3.43. The summed E-state index contributed by atoms with van der Waals surface area (Å²) in [6.07, 6.45) is 4.99. The molecule has 1 atom stereocenters. The Morgan fingerprint density at radius 1 is 1.33 bits per heavy atom. The summed E-state index contributed by atoms with van der Waals surface area (Å²) in [5.74, 6) is 0. The van der Waals surface area contributed by atoms with Crippen molar-refractivity contribution in [1.82, 2.24) is 15.1 Å². The van der Waals surface area contributed by atoms with Crippen molar-refractivity contribution >= 4 is 15.9 Å². The summed E-state index contributed by atoms with van der Waals surface area (Å²) in [5.41, 5.74) is 2.57. The zero-order valence-electron chi connectivity index (χ0n) is 10.7. The molecule has 3 nitrogen and oxygen atoms in total. The van der Waals surface area contributed by atoms with E-state index in [0.717, 1.165) is 17.4 Å². The highest BCUT2D eigenvalue weighted by Crippen LogP contribution is 2.19. The SMILES string of the molecule is CCNC(Cc1ccc(Br)cc1)c1cnn(C)c1. The molecule has 4 heteroatoms. The number of halogens is 1. The number of hydrogen-bond acceptors (Lipinski definition) is 2. The molecule has 2 rings (SSSR count). The molecule has 0 saturated carbocycles. The van der Waals surface area contributed by atoms with E-state index in [-0.39, 0.29) is 0 Å². The summed E-state index contributed by atoms with van der Waals surface area (Å²) in [5, 5.41) is 7.75. The van der Waals surface area contributed by atoms with Crippen LogP contribution in [-0.2, 0) is 13.5 Å². The van der Waals surface area contributed by atoms with Crippen LogP contribution in [0.1, 0.15) is 24.1 Å². The van der Waals surface area contributed by atoms with Crippen molar-refractivity contribution in [1.29, 1.82) is 0 Å². The predicted octanol–water partition coefficient (Wildman–Crippen LogP) is 3.08. The number of likely N-dealkylation sites (N-methyl/N-ethyl adjacent to an activating group) is 1. The number of rotatable bonds is 5. The van der Waals surface area contributed by atoms with Crippen LogP contribution in [0.25, 0.3) is 0 Å². The fraction of sp³-hybridized carbons (Fsp3) is 0.357. The van der Waals surface area contributed by atoms with Gasteiger partial charge in [0.15, 0.2) is 0 Å². The average molecular weight is 308 g/mol. The minimum absolute atomic E-state index is 0.324. The van der Waals surface area contributed by atoms with Crippen LogP contribution in [0.5, 0.6) is 0 Å². The van der Waals surface area contributed by atoms with E-state index in [2.05, 4.69) is 63.7 Å². The molecule has 1 unspecified atom stereocenters. The highest BCUT2D eigenvalue weighted by molar-refractivity contribution is 9.10. The Kier molecular flexibility index (Phi) is 4.55. The largest absolute Gasteiger partial charge is 0.310 e. The Morgan fingerprint density at radius 3 is 2.61 bits per heavy atom. The number of benzene rings is 1. The second-order valence-corrected chi connectivity index (χ2v) is 5.30. The van der Waals surface area contributed by atoms with Crippen molar-refractivity contribution in [3.8, 4) is 0 Å². The van der Waals surface area contributed by atoms with E-state index in [1.54, 1.807) is 0 Å². The first-order chi connectivity index (χ1) is 8.69. The van der Waals surface area contributed by atoms with E-state index < -0.39 is 0 Å². The van der Waals surface area contributed by atoms with Gasteiger partial charge in [0.05, 0.1) is 6.20 Å². The first kappa shape index (κ1) is 13.3. The highest BCUT2D eigenvalue weighted by Gasteiger charge is 2.12. The minimum Gasteiger partial charge on any atom is -0.310 e. The zero-order valence-corrected chi connectivity index (χ0v) is 12.3. The van der Waals surface area contributed by atoms with Crippen LogP contribution in [0.15, 0.2) is 41.1 Å². The summed E-state index contributed by atoms with van der Waals surface area (Å²) in [6, 6.07) is 8.81. The molecule has 0 radical (unpaired) electrons. The minimum atomic E-state index is 0.324. The predicted molar refractivity (Wildman–Crippen MR) is 77.5 cm³/mol. The zero-order chi connectivity index (χ0) is 13.0. The molecule has 0 fully saturated rings. The maximum absolute atomic E-state index is 4.24. The number of hydrogen-bond donors (Lipinski definition) is 1. The van der Waals surface area contributed by atoms with Gasteiger partial charge < -0.3 is 5.32 Å². The molecule has 1 aromatic heterocycles. The first-order valence-corrected chi connectivity index (χ1v) is 6.94. The molecule has 18 heavy (non-hydrogen) atoms. The van der Waals surface area contributed by atoms with E-state index in [1.807, 2.05) is 17.9 Å². The monoisotopic (exact) mass is 307 g/mol. The quantitative estimate of drug-likeness (QED) is 0.920. The molecule has 96 valence electrons. The lowest BCUT2D eigenvalue weighted by atomic mass is 10.0. The maximum Gasteiger partial charge on any atom is 0.0537 e. The maximum atomic E-state index is 4.24. The van der Waals surface area contributed by atoms with Crippen molar-refractivity contribution in [3.05, 3.63) is 52.3 Å². The van der Waals surface area contributed by atoms with Gasteiger partial charge in [-0.15, -0.1) is 0 Å². The Hall–Kier alpha value is -1.13. The standard InChI is InChI=1S/C14H18BrN3/c1-3-16-14(12-9-17-18(2)10-12)8-11-4-6-13(15)7-5-11/h4-7,9-10,14,16H,3,8H2,1-2H3. The van der Waals surface area contributed by atoms with E-state index in [1.165, 1.54) is 11.1 Å². The summed E-state index contributed by atoms with van der Waals surface area (Å²) in [7, 11) is 1.95. The third-order valence-electron chi connectivity index (χ3n) is 2.93. The van der Waals surface area contributed by atoms with Gasteiger partial charge in [0.25, 0.3) is 0 Å². The second-order valence-electron chi connectivity index (χ2n) is 4.39. The number of nitrogens with one attached hydrogen (secondary N) is 1. The molecule has 1 N–H and O–H groups in total. The van der Waals surface area contributed by atoms with Crippen molar-refractivity contribution in [2.24, 2.45) is 7.05 Å². The summed E-state index contributed by atoms with van der Waals surface area (Å²) < 4.78 is 2.97. The Morgan fingerprint density at radius 2 is 2.06 bits per heavy atom. The average Bonchev–Trinajstić information content (AvgIpc) is 2.78. The molecular formula is C14H18BrN3. The summed E-state index contributed by atoms with van der Waals surface area (Å²) >= 11 is 3.46. The van der Waals surface area contributed by atoms with Crippen LogP contribution < -0.4 is 5.32 Å². The Bertz CT molecular complexity index is 490. The molecule has 0 saturated heterocycles. The van der Waals surface area contributed by atoms with Crippen molar-refractivity contribution < 1.29 is 0 Å². The van der Waals surface area contributed by atoms with Crippen LogP contribution in [0.4, 0.5) is 0 Å². The van der Waals surface area contributed by atoms with Gasteiger partial charge >= 0.3 is 0 Å². The van der Waals surface area contributed by atoms with Crippen LogP contribution >= 0.6 is 15.9 Å². The molecule has 0 amide bonds. The third-order valence-corrected chi connectivity index (χ3v) is 3.46. The number of aromatic nitrogens is 2. The molecule has 0 aliphatic heterocycles. The van der Waals surface area contributed by atoms with E-state index in [9.17, 15) is 0 Å². The van der Waals surface area contributed by atoms with Crippen LogP contribution in [0.3, 0.4) is 0 Å². The molecule has 0 spiro atoms. The van der Waals surface area contributed by atoms with Gasteiger partial charge in [-0.3, -0.25) is 4.68 Å². The van der Waals surface area contributed by atoms with E-state index in [0.29, 0.717) is 6.04 Å². The van der Waals surface area contributed by atoms with Gasteiger partial charge in [0, 0.05) is 29.3 Å². The smallest absolute Gasteiger partial charge is 0.0537 e. The molecule has 1 aromatic carbocycles. The van der Waals surface area contributed by atoms with Gasteiger partial charge in [-0.1, -0.05) is 35.0 Å².